The largest absolute Gasteiger partial charge is 0.299 e. The molecule has 1 aliphatic rings. The van der Waals surface area contributed by atoms with E-state index in [1.807, 2.05) is 6.07 Å². The highest BCUT2D eigenvalue weighted by Crippen LogP contribution is 2.32. The Morgan fingerprint density at radius 1 is 1.16 bits per heavy atom. The van der Waals surface area contributed by atoms with Crippen LogP contribution in [0.15, 0.2) is 29.6 Å². The number of Topliss-reactive ketones (excluding diaryl/α,β-unsaturated/α-hetero) is 1. The van der Waals surface area contributed by atoms with Crippen molar-refractivity contribution in [2.24, 2.45) is 11.8 Å². The normalized spacial score (nSPS) is 21.7. The maximum absolute atomic E-state index is 12.6. The number of rotatable bonds is 6. The number of carbonyl (C=O) groups is 1. The van der Waals surface area contributed by atoms with Gasteiger partial charge in [-0.25, -0.2) is 8.42 Å². The monoisotopic (exact) mass is 378 g/mol. The molecule has 0 atom stereocenters. The van der Waals surface area contributed by atoms with E-state index in [9.17, 15) is 13.2 Å². The van der Waals surface area contributed by atoms with Crippen LogP contribution in [0.2, 0.25) is 0 Å². The van der Waals surface area contributed by atoms with Crippen LogP contribution < -0.4 is 0 Å². The molecule has 0 radical (unpaired) electrons. The molecule has 0 saturated heterocycles. The second-order valence-electron chi connectivity index (χ2n) is 7.53. The van der Waals surface area contributed by atoms with Gasteiger partial charge in [-0.1, -0.05) is 12.1 Å². The van der Waals surface area contributed by atoms with Crippen molar-refractivity contribution in [3.05, 3.63) is 35.2 Å². The van der Waals surface area contributed by atoms with Crippen molar-refractivity contribution in [2.45, 2.75) is 51.2 Å². The average molecular weight is 379 g/mol. The Kier molecular flexibility index (Phi) is 5.64. The minimum atomic E-state index is -2.98. The van der Waals surface area contributed by atoms with Gasteiger partial charge in [-0.15, -0.1) is 11.3 Å². The lowest BCUT2D eigenvalue weighted by Gasteiger charge is -2.28. The lowest BCUT2D eigenvalue weighted by molar-refractivity contribution is -0.123. The number of sulfone groups is 1. The van der Waals surface area contributed by atoms with Gasteiger partial charge < -0.3 is 0 Å². The molecule has 0 bridgehead atoms. The first-order valence-electron chi connectivity index (χ1n) is 9.05. The van der Waals surface area contributed by atoms with Gasteiger partial charge in [-0.05, 0) is 73.9 Å². The SMILES string of the molecule is CC(C)S(=O)(=O)CC1CCC(C(=O)Cc2ccc3ccsc3c2)CC1. The summed E-state index contributed by atoms with van der Waals surface area (Å²) in [5, 5.41) is 3.00. The summed E-state index contributed by atoms with van der Waals surface area (Å²) in [5.41, 5.74) is 1.09. The smallest absolute Gasteiger partial charge is 0.152 e. The topological polar surface area (TPSA) is 51.2 Å². The number of hydrogen-bond acceptors (Lipinski definition) is 4. The Bertz CT molecular complexity index is 841. The van der Waals surface area contributed by atoms with Crippen molar-refractivity contribution >= 4 is 37.0 Å². The molecule has 0 unspecified atom stereocenters. The van der Waals surface area contributed by atoms with Gasteiger partial charge in [0.1, 0.15) is 5.78 Å². The number of carbonyl (C=O) groups excluding carboxylic acids is 1. The van der Waals surface area contributed by atoms with Gasteiger partial charge in [0.2, 0.25) is 0 Å². The minimum absolute atomic E-state index is 0.0945. The first kappa shape index (κ1) is 18.6. The quantitative estimate of drug-likeness (QED) is 0.735. The predicted molar refractivity (Wildman–Crippen MR) is 105 cm³/mol. The molecule has 1 aromatic heterocycles. The summed E-state index contributed by atoms with van der Waals surface area (Å²) in [6.07, 6.45) is 3.86. The van der Waals surface area contributed by atoms with Crippen molar-refractivity contribution in [2.75, 3.05) is 5.75 Å². The first-order chi connectivity index (χ1) is 11.8. The van der Waals surface area contributed by atoms with E-state index in [1.165, 1.54) is 10.1 Å². The third-order valence-corrected chi connectivity index (χ3v) is 8.64. The third kappa shape index (κ3) is 4.50. The molecule has 136 valence electrons. The van der Waals surface area contributed by atoms with Crippen LogP contribution in [0.25, 0.3) is 10.1 Å². The maximum Gasteiger partial charge on any atom is 0.152 e. The summed E-state index contributed by atoms with van der Waals surface area (Å²) in [6.45, 7) is 3.49. The molecule has 0 aliphatic heterocycles. The van der Waals surface area contributed by atoms with E-state index in [0.29, 0.717) is 12.2 Å². The molecule has 0 N–H and O–H groups in total. The molecular weight excluding hydrogens is 352 g/mol. The Morgan fingerprint density at radius 2 is 1.88 bits per heavy atom. The number of ketones is 1. The second kappa shape index (κ2) is 7.58. The molecular formula is C20H26O3S2. The molecule has 25 heavy (non-hydrogen) atoms. The standard InChI is InChI=1S/C20H26O3S2/c1-14(2)25(22,23)13-15-3-6-17(7-4-15)19(21)11-16-5-8-18-9-10-24-20(18)12-16/h5,8-10,12,14-15,17H,3-4,6-7,11,13H2,1-2H3. The number of fused-ring (bicyclic) bond motifs is 1. The third-order valence-electron chi connectivity index (χ3n) is 5.39. The van der Waals surface area contributed by atoms with E-state index in [1.54, 1.807) is 25.2 Å². The van der Waals surface area contributed by atoms with E-state index >= 15 is 0 Å². The van der Waals surface area contributed by atoms with E-state index in [-0.39, 0.29) is 22.8 Å². The fourth-order valence-electron chi connectivity index (χ4n) is 3.63. The Labute approximate surface area is 154 Å². The zero-order valence-corrected chi connectivity index (χ0v) is 16.5. The predicted octanol–water partition coefficient (Wildman–Crippen LogP) is 4.64. The van der Waals surface area contributed by atoms with E-state index in [2.05, 4.69) is 23.6 Å². The molecule has 1 fully saturated rings. The molecule has 0 amide bonds. The summed E-state index contributed by atoms with van der Waals surface area (Å²) in [7, 11) is -2.98. The van der Waals surface area contributed by atoms with Gasteiger partial charge >= 0.3 is 0 Å². The van der Waals surface area contributed by atoms with Crippen molar-refractivity contribution in [3.8, 4) is 0 Å². The van der Waals surface area contributed by atoms with Crippen molar-refractivity contribution in [3.63, 3.8) is 0 Å². The molecule has 3 rings (SSSR count). The Balaban J connectivity index is 1.54. The van der Waals surface area contributed by atoms with Crippen molar-refractivity contribution in [1.82, 2.24) is 0 Å². The summed E-state index contributed by atoms with van der Waals surface area (Å²) in [4.78, 5) is 12.6. The van der Waals surface area contributed by atoms with Gasteiger partial charge in [-0.2, -0.15) is 0 Å². The molecule has 1 aliphatic carbocycles. The summed E-state index contributed by atoms with van der Waals surface area (Å²) >= 11 is 1.70. The van der Waals surface area contributed by atoms with Crippen molar-refractivity contribution < 1.29 is 13.2 Å². The maximum atomic E-state index is 12.6. The highest BCUT2D eigenvalue weighted by atomic mass is 32.2. The van der Waals surface area contributed by atoms with E-state index in [4.69, 9.17) is 0 Å². The zero-order chi connectivity index (χ0) is 18.0. The molecule has 2 aromatic rings. The van der Waals surface area contributed by atoms with Crippen LogP contribution in [-0.2, 0) is 21.1 Å². The number of thiophene rings is 1. The van der Waals surface area contributed by atoms with Crippen LogP contribution in [0.3, 0.4) is 0 Å². The van der Waals surface area contributed by atoms with Gasteiger partial charge in [0.15, 0.2) is 9.84 Å². The van der Waals surface area contributed by atoms with Crippen LogP contribution in [0.1, 0.15) is 45.1 Å². The van der Waals surface area contributed by atoms with Crippen LogP contribution in [0, 0.1) is 11.8 Å². The Morgan fingerprint density at radius 3 is 2.56 bits per heavy atom. The summed E-state index contributed by atoms with van der Waals surface area (Å²) < 4.78 is 25.4. The molecule has 1 aromatic carbocycles. The van der Waals surface area contributed by atoms with Gasteiger partial charge in [0.25, 0.3) is 0 Å². The van der Waals surface area contributed by atoms with Crippen molar-refractivity contribution in [1.29, 1.82) is 0 Å². The van der Waals surface area contributed by atoms with E-state index < -0.39 is 9.84 Å². The van der Waals surface area contributed by atoms with Gasteiger partial charge in [0, 0.05) is 17.0 Å². The second-order valence-corrected chi connectivity index (χ2v) is 11.1. The molecule has 1 saturated carbocycles. The lowest BCUT2D eigenvalue weighted by atomic mass is 9.79. The number of hydrogen-bond donors (Lipinski definition) is 0. The van der Waals surface area contributed by atoms with Crippen LogP contribution >= 0.6 is 11.3 Å². The van der Waals surface area contributed by atoms with Crippen LogP contribution in [0.4, 0.5) is 0 Å². The van der Waals surface area contributed by atoms with Crippen LogP contribution in [0.5, 0.6) is 0 Å². The molecule has 3 nitrogen and oxygen atoms in total. The minimum Gasteiger partial charge on any atom is -0.299 e. The number of benzene rings is 1. The Hall–Kier alpha value is -1.20. The summed E-state index contributed by atoms with van der Waals surface area (Å²) in [5.74, 6) is 0.901. The van der Waals surface area contributed by atoms with Gasteiger partial charge in [-0.3, -0.25) is 4.79 Å². The summed E-state index contributed by atoms with van der Waals surface area (Å²) in [6, 6.07) is 8.35. The lowest BCUT2D eigenvalue weighted by Crippen LogP contribution is -2.29. The molecule has 0 spiro atoms. The van der Waals surface area contributed by atoms with E-state index in [0.717, 1.165) is 31.2 Å². The molecule has 5 heteroatoms. The fraction of sp³-hybridized carbons (Fsp3) is 0.550. The highest BCUT2D eigenvalue weighted by molar-refractivity contribution is 7.91. The van der Waals surface area contributed by atoms with Crippen LogP contribution in [-0.4, -0.2) is 25.2 Å². The first-order valence-corrected chi connectivity index (χ1v) is 11.6. The fourth-order valence-corrected chi connectivity index (χ4v) is 5.85. The highest BCUT2D eigenvalue weighted by Gasteiger charge is 2.29. The van der Waals surface area contributed by atoms with Gasteiger partial charge in [0.05, 0.1) is 11.0 Å². The zero-order valence-electron chi connectivity index (χ0n) is 14.9. The average Bonchev–Trinajstić information content (AvgIpc) is 3.02. The molecule has 1 heterocycles.